The van der Waals surface area contributed by atoms with E-state index in [0.717, 1.165) is 6.42 Å². The summed E-state index contributed by atoms with van der Waals surface area (Å²) in [7, 11) is 0. The number of aliphatic carboxylic acids is 1. The third kappa shape index (κ3) is 3.30. The number of amides is 2. The first kappa shape index (κ1) is 15.6. The van der Waals surface area contributed by atoms with Crippen LogP contribution in [0.25, 0.3) is 0 Å². The highest BCUT2D eigenvalue weighted by Crippen LogP contribution is 2.30. The van der Waals surface area contributed by atoms with E-state index in [2.05, 4.69) is 0 Å². The van der Waals surface area contributed by atoms with Gasteiger partial charge in [-0.3, -0.25) is 0 Å². The molecule has 110 valence electrons. The van der Waals surface area contributed by atoms with Crippen molar-refractivity contribution >= 4 is 12.0 Å². The Morgan fingerprint density at radius 1 is 1.37 bits per heavy atom. The summed E-state index contributed by atoms with van der Waals surface area (Å²) in [6.07, 6.45) is -3.46. The minimum absolute atomic E-state index is 0.196. The number of carbonyl (C=O) groups excluding carboxylic acids is 1. The fourth-order valence-corrected chi connectivity index (χ4v) is 1.91. The number of hydrogen-bond acceptors (Lipinski definition) is 2. The highest BCUT2D eigenvalue weighted by atomic mass is 19.4. The van der Waals surface area contributed by atoms with Crippen LogP contribution in [0.15, 0.2) is 0 Å². The van der Waals surface area contributed by atoms with Crippen molar-refractivity contribution in [2.24, 2.45) is 5.92 Å². The number of rotatable bonds is 2. The second-order valence-corrected chi connectivity index (χ2v) is 5.05. The fraction of sp³-hybridized carbons (Fsp3) is 0.818. The zero-order chi connectivity index (χ0) is 14.8. The van der Waals surface area contributed by atoms with Gasteiger partial charge in [0, 0.05) is 13.1 Å². The summed E-state index contributed by atoms with van der Waals surface area (Å²) in [5.74, 6) is -1.93. The van der Waals surface area contributed by atoms with E-state index in [1.807, 2.05) is 6.92 Å². The number of urea groups is 1. The van der Waals surface area contributed by atoms with E-state index in [4.69, 9.17) is 5.11 Å². The summed E-state index contributed by atoms with van der Waals surface area (Å²) in [5.41, 5.74) is -3.27. The number of likely N-dealkylation sites (tertiary alicyclic amines) is 1. The molecular weight excluding hydrogens is 265 g/mol. The number of alkyl halides is 3. The monoisotopic (exact) mass is 282 g/mol. The highest BCUT2D eigenvalue weighted by molar-refractivity contribution is 5.86. The summed E-state index contributed by atoms with van der Waals surface area (Å²) < 4.78 is 38.2. The predicted molar refractivity (Wildman–Crippen MR) is 60.6 cm³/mol. The average molecular weight is 282 g/mol. The SMILES string of the molecule is CC1CCCN(C(=O)NC(C)(C(=O)O)C(F)(F)F)C1. The normalized spacial score (nSPS) is 23.6. The Bertz CT molecular complexity index is 373. The smallest absolute Gasteiger partial charge is 0.422 e. The largest absolute Gasteiger partial charge is 0.479 e. The number of carboxylic acids is 1. The Balaban J connectivity index is 2.80. The third-order valence-corrected chi connectivity index (χ3v) is 3.30. The van der Waals surface area contributed by atoms with Gasteiger partial charge in [0.1, 0.15) is 0 Å². The molecule has 1 aliphatic heterocycles. The van der Waals surface area contributed by atoms with Gasteiger partial charge >= 0.3 is 18.2 Å². The molecule has 2 amide bonds. The standard InChI is InChI=1S/C11H17F3N2O3/c1-7-4-3-5-16(6-7)9(19)15-10(2,8(17)18)11(12,13)14/h7H,3-6H2,1-2H3,(H,15,19)(H,17,18). The number of carboxylic acid groups (broad SMARTS) is 1. The predicted octanol–water partition coefficient (Wildman–Crippen LogP) is 1.83. The molecule has 1 heterocycles. The highest BCUT2D eigenvalue weighted by Gasteiger charge is 2.58. The van der Waals surface area contributed by atoms with Crippen molar-refractivity contribution in [1.82, 2.24) is 10.2 Å². The third-order valence-electron chi connectivity index (χ3n) is 3.30. The number of carbonyl (C=O) groups is 2. The van der Waals surface area contributed by atoms with Crippen molar-refractivity contribution in [2.45, 2.75) is 38.4 Å². The summed E-state index contributed by atoms with van der Waals surface area (Å²) in [4.78, 5) is 23.8. The number of nitrogens with one attached hydrogen (secondary N) is 1. The molecule has 0 aliphatic carbocycles. The molecule has 0 aromatic heterocycles. The molecule has 2 N–H and O–H groups in total. The Kier molecular flexibility index (Phi) is 4.32. The second-order valence-electron chi connectivity index (χ2n) is 5.05. The van der Waals surface area contributed by atoms with E-state index < -0.39 is 23.7 Å². The van der Waals surface area contributed by atoms with E-state index in [9.17, 15) is 22.8 Å². The van der Waals surface area contributed by atoms with Crippen LogP contribution in [0.4, 0.5) is 18.0 Å². The van der Waals surface area contributed by atoms with Gasteiger partial charge in [-0.15, -0.1) is 0 Å². The van der Waals surface area contributed by atoms with Gasteiger partial charge in [-0.25, -0.2) is 9.59 Å². The Morgan fingerprint density at radius 3 is 2.37 bits per heavy atom. The molecule has 19 heavy (non-hydrogen) atoms. The maximum absolute atomic E-state index is 12.7. The van der Waals surface area contributed by atoms with Crippen LogP contribution in [0.1, 0.15) is 26.7 Å². The van der Waals surface area contributed by atoms with Crippen LogP contribution in [-0.2, 0) is 4.79 Å². The molecule has 1 saturated heterocycles. The molecule has 0 aromatic rings. The average Bonchev–Trinajstić information content (AvgIpc) is 2.27. The first-order chi connectivity index (χ1) is 8.58. The molecule has 0 aromatic carbocycles. The number of piperidine rings is 1. The number of hydrogen-bond donors (Lipinski definition) is 2. The summed E-state index contributed by atoms with van der Waals surface area (Å²) in [6, 6.07) is -0.992. The van der Waals surface area contributed by atoms with Crippen molar-refractivity contribution < 1.29 is 27.9 Å². The van der Waals surface area contributed by atoms with E-state index >= 15 is 0 Å². The van der Waals surface area contributed by atoms with Crippen LogP contribution >= 0.6 is 0 Å². The van der Waals surface area contributed by atoms with Crippen molar-refractivity contribution in [2.75, 3.05) is 13.1 Å². The van der Waals surface area contributed by atoms with E-state index in [-0.39, 0.29) is 5.92 Å². The Hall–Kier alpha value is -1.47. The van der Waals surface area contributed by atoms with Crippen molar-refractivity contribution in [3.8, 4) is 0 Å². The molecule has 1 rings (SSSR count). The van der Waals surface area contributed by atoms with Crippen LogP contribution in [-0.4, -0.2) is 46.8 Å². The van der Waals surface area contributed by atoms with Crippen LogP contribution in [0.3, 0.4) is 0 Å². The number of nitrogens with zero attached hydrogens (tertiary/aromatic N) is 1. The lowest BCUT2D eigenvalue weighted by molar-refractivity contribution is -0.203. The van der Waals surface area contributed by atoms with Gasteiger partial charge in [-0.05, 0) is 25.7 Å². The van der Waals surface area contributed by atoms with Gasteiger partial charge in [-0.2, -0.15) is 13.2 Å². The Labute approximate surface area is 108 Å². The summed E-state index contributed by atoms with van der Waals surface area (Å²) in [6.45, 7) is 3.00. The second kappa shape index (κ2) is 5.26. The lowest BCUT2D eigenvalue weighted by atomic mass is 10.00. The van der Waals surface area contributed by atoms with Crippen LogP contribution in [0.5, 0.6) is 0 Å². The summed E-state index contributed by atoms with van der Waals surface area (Å²) in [5, 5.41) is 10.3. The van der Waals surface area contributed by atoms with Gasteiger partial charge in [-0.1, -0.05) is 6.92 Å². The first-order valence-corrected chi connectivity index (χ1v) is 5.95. The van der Waals surface area contributed by atoms with Crippen LogP contribution in [0.2, 0.25) is 0 Å². The minimum Gasteiger partial charge on any atom is -0.479 e. The van der Waals surface area contributed by atoms with Crippen LogP contribution < -0.4 is 5.32 Å². The van der Waals surface area contributed by atoms with E-state index in [0.29, 0.717) is 26.4 Å². The van der Waals surface area contributed by atoms with Gasteiger partial charge in [0.15, 0.2) is 0 Å². The van der Waals surface area contributed by atoms with Gasteiger partial charge in [0.25, 0.3) is 0 Å². The molecule has 0 radical (unpaired) electrons. The molecule has 0 spiro atoms. The minimum atomic E-state index is -5.06. The molecular formula is C11H17F3N2O3. The molecule has 2 atom stereocenters. The lowest BCUT2D eigenvalue weighted by Gasteiger charge is -2.35. The molecule has 0 saturated carbocycles. The quantitative estimate of drug-likeness (QED) is 0.812. The zero-order valence-corrected chi connectivity index (χ0v) is 10.8. The number of halogens is 3. The maximum Gasteiger partial charge on any atom is 0.422 e. The van der Waals surface area contributed by atoms with Gasteiger partial charge in [0.2, 0.25) is 5.54 Å². The zero-order valence-electron chi connectivity index (χ0n) is 10.8. The van der Waals surface area contributed by atoms with Crippen LogP contribution in [0, 0.1) is 5.92 Å². The molecule has 1 aliphatic rings. The van der Waals surface area contributed by atoms with Gasteiger partial charge in [0.05, 0.1) is 0 Å². The lowest BCUT2D eigenvalue weighted by Crippen LogP contribution is -2.64. The topological polar surface area (TPSA) is 69.6 Å². The van der Waals surface area contributed by atoms with Gasteiger partial charge < -0.3 is 15.3 Å². The fourth-order valence-electron chi connectivity index (χ4n) is 1.91. The maximum atomic E-state index is 12.7. The molecule has 2 unspecified atom stereocenters. The molecule has 1 fully saturated rings. The molecule has 5 nitrogen and oxygen atoms in total. The van der Waals surface area contributed by atoms with E-state index in [1.54, 1.807) is 5.32 Å². The van der Waals surface area contributed by atoms with Crippen molar-refractivity contribution in [1.29, 1.82) is 0 Å². The summed E-state index contributed by atoms with van der Waals surface area (Å²) >= 11 is 0. The molecule has 0 bridgehead atoms. The van der Waals surface area contributed by atoms with Crippen molar-refractivity contribution in [3.05, 3.63) is 0 Å². The van der Waals surface area contributed by atoms with E-state index in [1.165, 1.54) is 4.90 Å². The first-order valence-electron chi connectivity index (χ1n) is 5.95. The Morgan fingerprint density at radius 2 is 1.95 bits per heavy atom. The molecule has 8 heteroatoms. The van der Waals surface area contributed by atoms with Crippen molar-refractivity contribution in [3.63, 3.8) is 0 Å².